The highest BCUT2D eigenvalue weighted by Crippen LogP contribution is 2.24. The summed E-state index contributed by atoms with van der Waals surface area (Å²) in [5, 5.41) is 0. The molecule has 0 aromatic rings. The first-order valence-corrected chi connectivity index (χ1v) is 20.0. The summed E-state index contributed by atoms with van der Waals surface area (Å²) in [6, 6.07) is 0. The molecule has 0 aliphatic carbocycles. The lowest BCUT2D eigenvalue weighted by molar-refractivity contribution is 0.135. The summed E-state index contributed by atoms with van der Waals surface area (Å²) in [6.45, 7) is 9.47. The molecule has 0 saturated carbocycles. The van der Waals surface area contributed by atoms with Gasteiger partial charge in [0.2, 0.25) is 0 Å². The lowest BCUT2D eigenvalue weighted by atomic mass is 10.0. The van der Waals surface area contributed by atoms with Crippen molar-refractivity contribution in [2.24, 2.45) is 0 Å². The molecule has 0 radical (unpaired) electrons. The van der Waals surface area contributed by atoms with Gasteiger partial charge >= 0.3 is 0 Å². The Morgan fingerprint density at radius 3 is 0.857 bits per heavy atom. The van der Waals surface area contributed by atoms with Crippen LogP contribution in [0, 0.1) is 0 Å². The zero-order valence-corrected chi connectivity index (χ0v) is 29.7. The molecular weight excluding hydrogens is 508 g/mol. The second-order valence-corrected chi connectivity index (χ2v) is 13.9. The standard InChI is InChI=1S/C40H80N2/c1-4-7-10-13-15-17-19-20-21-22-23-24-26-28-30-32-35-40-41(36-33-12-9-6-3)38-39-42(40)37-34-31-29-27-25-18-16-14-11-8-5-2/h38-40H,4-37H2,1-3H3. The van der Waals surface area contributed by atoms with E-state index >= 15 is 0 Å². The molecule has 250 valence electrons. The summed E-state index contributed by atoms with van der Waals surface area (Å²) >= 11 is 0. The van der Waals surface area contributed by atoms with Gasteiger partial charge in [0.1, 0.15) is 6.17 Å². The molecule has 0 amide bonds. The van der Waals surface area contributed by atoms with Gasteiger partial charge in [-0.15, -0.1) is 0 Å². The molecule has 2 nitrogen and oxygen atoms in total. The van der Waals surface area contributed by atoms with Crippen molar-refractivity contribution < 1.29 is 0 Å². The average molecular weight is 589 g/mol. The van der Waals surface area contributed by atoms with Crippen LogP contribution in [0.2, 0.25) is 0 Å². The molecule has 1 aliphatic rings. The Kier molecular flexibility index (Phi) is 29.8. The van der Waals surface area contributed by atoms with Crippen LogP contribution in [0.1, 0.15) is 226 Å². The van der Waals surface area contributed by atoms with Crippen molar-refractivity contribution in [3.63, 3.8) is 0 Å². The van der Waals surface area contributed by atoms with Crippen LogP contribution in [0.4, 0.5) is 0 Å². The van der Waals surface area contributed by atoms with E-state index in [2.05, 4.69) is 43.0 Å². The molecule has 0 saturated heterocycles. The third-order valence-electron chi connectivity index (χ3n) is 9.82. The molecule has 0 spiro atoms. The van der Waals surface area contributed by atoms with Crippen LogP contribution in [0.5, 0.6) is 0 Å². The van der Waals surface area contributed by atoms with Gasteiger partial charge in [-0.1, -0.05) is 201 Å². The van der Waals surface area contributed by atoms with Gasteiger partial charge in [-0.25, -0.2) is 0 Å². The molecule has 1 aliphatic heterocycles. The van der Waals surface area contributed by atoms with E-state index in [9.17, 15) is 0 Å². The van der Waals surface area contributed by atoms with Crippen molar-refractivity contribution in [1.29, 1.82) is 0 Å². The van der Waals surface area contributed by atoms with Crippen LogP contribution in [0.15, 0.2) is 12.4 Å². The fraction of sp³-hybridized carbons (Fsp3) is 0.950. The van der Waals surface area contributed by atoms with Crippen molar-refractivity contribution in [2.75, 3.05) is 13.1 Å². The molecule has 1 rings (SSSR count). The summed E-state index contributed by atoms with van der Waals surface area (Å²) in [4.78, 5) is 5.40. The van der Waals surface area contributed by atoms with Gasteiger partial charge < -0.3 is 9.80 Å². The van der Waals surface area contributed by atoms with Crippen LogP contribution in [0.25, 0.3) is 0 Å². The zero-order valence-electron chi connectivity index (χ0n) is 29.7. The molecule has 2 heteroatoms. The normalized spacial score (nSPS) is 15.0. The summed E-state index contributed by atoms with van der Waals surface area (Å²) in [5.74, 6) is 0. The van der Waals surface area contributed by atoms with Crippen molar-refractivity contribution in [2.45, 2.75) is 232 Å². The Bertz CT molecular complexity index is 544. The predicted molar refractivity (Wildman–Crippen MR) is 191 cm³/mol. The minimum Gasteiger partial charge on any atom is -0.356 e. The van der Waals surface area contributed by atoms with Crippen molar-refractivity contribution in [3.05, 3.63) is 12.4 Å². The zero-order chi connectivity index (χ0) is 30.2. The lowest BCUT2D eigenvalue weighted by Crippen LogP contribution is -2.39. The van der Waals surface area contributed by atoms with Crippen LogP contribution in [-0.4, -0.2) is 29.1 Å². The SMILES string of the molecule is CCCCCCCCCCCCCCCCCCC1N(CCCCCC)C=CN1CCCCCCCCCCCCC. The quantitative estimate of drug-likeness (QED) is 0.0690. The van der Waals surface area contributed by atoms with Crippen molar-refractivity contribution in [1.82, 2.24) is 9.80 Å². The molecule has 0 fully saturated rings. The van der Waals surface area contributed by atoms with Gasteiger partial charge in [0.15, 0.2) is 0 Å². The first-order valence-electron chi connectivity index (χ1n) is 20.0. The second-order valence-electron chi connectivity index (χ2n) is 13.9. The van der Waals surface area contributed by atoms with Crippen LogP contribution < -0.4 is 0 Å². The smallest absolute Gasteiger partial charge is 0.101 e. The number of nitrogens with zero attached hydrogens (tertiary/aromatic N) is 2. The maximum Gasteiger partial charge on any atom is 0.101 e. The lowest BCUT2D eigenvalue weighted by Gasteiger charge is -2.33. The summed E-state index contributed by atoms with van der Waals surface area (Å²) in [6.07, 6.45) is 51.5. The molecule has 1 atom stereocenters. The van der Waals surface area contributed by atoms with Crippen LogP contribution in [-0.2, 0) is 0 Å². The van der Waals surface area contributed by atoms with E-state index in [4.69, 9.17) is 0 Å². The number of hydrogen-bond donors (Lipinski definition) is 0. The first kappa shape index (κ1) is 39.4. The summed E-state index contributed by atoms with van der Waals surface area (Å²) in [7, 11) is 0. The van der Waals surface area contributed by atoms with E-state index in [-0.39, 0.29) is 0 Å². The van der Waals surface area contributed by atoms with E-state index in [0.29, 0.717) is 6.17 Å². The van der Waals surface area contributed by atoms with E-state index in [0.717, 1.165) is 0 Å². The third-order valence-corrected chi connectivity index (χ3v) is 9.82. The topological polar surface area (TPSA) is 6.48 Å². The fourth-order valence-corrected chi connectivity index (χ4v) is 6.89. The molecule has 0 N–H and O–H groups in total. The minimum absolute atomic E-state index is 0.640. The van der Waals surface area contributed by atoms with Crippen molar-refractivity contribution in [3.8, 4) is 0 Å². The average Bonchev–Trinajstić information content (AvgIpc) is 3.38. The molecule has 42 heavy (non-hydrogen) atoms. The van der Waals surface area contributed by atoms with Gasteiger partial charge in [-0.3, -0.25) is 0 Å². The highest BCUT2D eigenvalue weighted by Gasteiger charge is 2.24. The Morgan fingerprint density at radius 1 is 0.310 bits per heavy atom. The Balaban J connectivity index is 2.10. The van der Waals surface area contributed by atoms with E-state index in [1.807, 2.05) is 0 Å². The fourth-order valence-electron chi connectivity index (χ4n) is 6.89. The minimum atomic E-state index is 0.640. The summed E-state index contributed by atoms with van der Waals surface area (Å²) < 4.78 is 0. The molecular formula is C40H80N2. The largest absolute Gasteiger partial charge is 0.356 e. The summed E-state index contributed by atoms with van der Waals surface area (Å²) in [5.41, 5.74) is 0. The van der Waals surface area contributed by atoms with Crippen molar-refractivity contribution >= 4 is 0 Å². The molecule has 0 bridgehead atoms. The van der Waals surface area contributed by atoms with Gasteiger partial charge in [0.05, 0.1) is 0 Å². The second kappa shape index (κ2) is 31.8. The maximum absolute atomic E-state index is 2.71. The predicted octanol–water partition coefficient (Wildman–Crippen LogP) is 13.9. The highest BCUT2D eigenvalue weighted by molar-refractivity contribution is 4.97. The highest BCUT2D eigenvalue weighted by atomic mass is 15.4. The van der Waals surface area contributed by atoms with Crippen LogP contribution in [0.3, 0.4) is 0 Å². The van der Waals surface area contributed by atoms with Gasteiger partial charge in [0, 0.05) is 25.5 Å². The number of hydrogen-bond acceptors (Lipinski definition) is 2. The van der Waals surface area contributed by atoms with Gasteiger partial charge in [-0.2, -0.15) is 0 Å². The maximum atomic E-state index is 2.71. The van der Waals surface area contributed by atoms with E-state index in [1.54, 1.807) is 0 Å². The monoisotopic (exact) mass is 589 g/mol. The molecule has 1 unspecified atom stereocenters. The third kappa shape index (κ3) is 23.8. The Hall–Kier alpha value is -0.660. The number of unbranched alkanes of at least 4 members (excludes halogenated alkanes) is 28. The Labute approximate surface area is 267 Å². The number of rotatable bonds is 34. The molecule has 0 aromatic heterocycles. The van der Waals surface area contributed by atoms with Gasteiger partial charge in [-0.05, 0) is 25.7 Å². The van der Waals surface area contributed by atoms with Crippen LogP contribution >= 0.6 is 0 Å². The Morgan fingerprint density at radius 2 is 0.548 bits per heavy atom. The molecule has 1 heterocycles. The first-order chi connectivity index (χ1) is 20.8. The molecule has 0 aromatic carbocycles. The van der Waals surface area contributed by atoms with E-state index in [1.165, 1.54) is 219 Å². The van der Waals surface area contributed by atoms with Gasteiger partial charge in [0.25, 0.3) is 0 Å². The van der Waals surface area contributed by atoms with E-state index < -0.39 is 0 Å².